The summed E-state index contributed by atoms with van der Waals surface area (Å²) in [6.45, 7) is 7.23. The Labute approximate surface area is 228 Å². The molecule has 1 aromatic heterocycles. The summed E-state index contributed by atoms with van der Waals surface area (Å²) in [5.41, 5.74) is 3.27. The molecule has 204 valence electrons. The second kappa shape index (κ2) is 10.6. The molecule has 0 radical (unpaired) electrons. The number of carbonyl (C=O) groups excluding carboxylic acids is 2. The van der Waals surface area contributed by atoms with Gasteiger partial charge < -0.3 is 4.42 Å². The summed E-state index contributed by atoms with van der Waals surface area (Å²) in [5.74, 6) is -0.459. The van der Waals surface area contributed by atoms with Crippen LogP contribution in [0.4, 0.5) is 10.5 Å². The normalized spacial score (nSPS) is 16.6. The zero-order chi connectivity index (χ0) is 27.7. The Morgan fingerprint density at radius 2 is 1.77 bits per heavy atom. The predicted molar refractivity (Wildman–Crippen MR) is 149 cm³/mol. The third kappa shape index (κ3) is 5.57. The highest BCUT2D eigenvalue weighted by Gasteiger charge is 2.36. The van der Waals surface area contributed by atoms with Crippen LogP contribution < -0.4 is 10.7 Å². The van der Waals surface area contributed by atoms with Crippen LogP contribution in [0.25, 0.3) is 5.69 Å². The topological polar surface area (TPSA) is 101 Å². The van der Waals surface area contributed by atoms with Gasteiger partial charge in [0.2, 0.25) is 5.89 Å². The summed E-state index contributed by atoms with van der Waals surface area (Å²) in [6, 6.07) is 14.6. The highest BCUT2D eigenvalue weighted by Crippen LogP contribution is 2.35. The minimum Gasteiger partial charge on any atom is -0.390 e. The summed E-state index contributed by atoms with van der Waals surface area (Å²) >= 11 is 0. The van der Waals surface area contributed by atoms with Crippen LogP contribution >= 0.6 is 0 Å². The minimum atomic E-state index is -0.641. The van der Waals surface area contributed by atoms with Crippen molar-refractivity contribution in [2.75, 3.05) is 11.4 Å². The number of Topliss-reactive ketones (excluding diaryl/α,β-unsaturated/α-hetero) is 1. The molecule has 1 saturated carbocycles. The Hall–Kier alpha value is -4.01. The van der Waals surface area contributed by atoms with Gasteiger partial charge in [-0.1, -0.05) is 70.4 Å². The lowest BCUT2D eigenvalue weighted by atomic mass is 9.83. The molecule has 2 aromatic carbocycles. The summed E-state index contributed by atoms with van der Waals surface area (Å²) in [7, 11) is 0. The van der Waals surface area contributed by atoms with Gasteiger partial charge in [-0.2, -0.15) is 9.78 Å². The molecule has 5 rings (SSSR count). The van der Waals surface area contributed by atoms with Gasteiger partial charge in [-0.25, -0.2) is 14.6 Å². The molecule has 9 nitrogen and oxygen atoms in total. The van der Waals surface area contributed by atoms with Crippen LogP contribution in [0.1, 0.15) is 69.9 Å². The number of benzene rings is 2. The molecule has 0 N–H and O–H groups in total. The zero-order valence-corrected chi connectivity index (χ0v) is 23.0. The number of ketones is 1. The number of aromatic nitrogens is 2. The van der Waals surface area contributed by atoms with E-state index in [1.807, 2.05) is 70.2 Å². The van der Waals surface area contributed by atoms with Gasteiger partial charge in [0.05, 0.1) is 23.6 Å². The number of fused-ring (bicyclic) bond motifs is 1. The summed E-state index contributed by atoms with van der Waals surface area (Å²) in [4.78, 5) is 41.4. The molecule has 9 heteroatoms. The number of hydrogen-bond acceptors (Lipinski definition) is 6. The fraction of sp³-hybridized carbons (Fsp3) is 0.433. The van der Waals surface area contributed by atoms with Crippen molar-refractivity contribution in [1.29, 1.82) is 0 Å². The molecule has 3 aromatic rings. The summed E-state index contributed by atoms with van der Waals surface area (Å²) in [5, 5.41) is 10.6. The maximum Gasteiger partial charge on any atom is 0.442 e. The molecule has 0 bridgehead atoms. The Kier molecular flexibility index (Phi) is 7.25. The van der Waals surface area contributed by atoms with E-state index >= 15 is 0 Å². The van der Waals surface area contributed by atoms with Crippen LogP contribution in [0.2, 0.25) is 0 Å². The fourth-order valence-corrected chi connectivity index (χ4v) is 5.14. The fourth-order valence-electron chi connectivity index (χ4n) is 5.14. The van der Waals surface area contributed by atoms with Crippen molar-refractivity contribution in [1.82, 2.24) is 14.8 Å². The second-order valence-corrected chi connectivity index (χ2v) is 11.4. The third-order valence-electron chi connectivity index (χ3n) is 7.40. The van der Waals surface area contributed by atoms with Gasteiger partial charge in [-0.15, -0.1) is 5.10 Å². The number of anilines is 1. The molecule has 0 atom stereocenters. The number of aryl methyl sites for hydroxylation is 1. The first-order valence-electron chi connectivity index (χ1n) is 13.6. The van der Waals surface area contributed by atoms with Crippen molar-refractivity contribution in [2.45, 2.75) is 66.3 Å². The third-order valence-corrected chi connectivity index (χ3v) is 7.40. The van der Waals surface area contributed by atoms with Crippen molar-refractivity contribution in [2.24, 2.45) is 16.4 Å². The second-order valence-electron chi connectivity index (χ2n) is 11.4. The highest BCUT2D eigenvalue weighted by atomic mass is 16.4. The van der Waals surface area contributed by atoms with Crippen molar-refractivity contribution < 1.29 is 14.0 Å². The maximum absolute atomic E-state index is 14.0. The van der Waals surface area contributed by atoms with Crippen LogP contribution in [0.3, 0.4) is 0 Å². The van der Waals surface area contributed by atoms with Crippen LogP contribution in [0.15, 0.2) is 62.8 Å². The van der Waals surface area contributed by atoms with E-state index in [2.05, 4.69) is 5.10 Å². The monoisotopic (exact) mass is 529 g/mol. The Morgan fingerprint density at radius 3 is 2.49 bits per heavy atom. The van der Waals surface area contributed by atoms with E-state index in [0.29, 0.717) is 11.4 Å². The number of para-hydroxylation sites is 1. The minimum absolute atomic E-state index is 0.0645. The first kappa shape index (κ1) is 26.6. The number of hydrogen-bond donors (Lipinski definition) is 0. The standard InChI is InChI=1S/C30H35N5O4/c1-20-11-10-14-22(17-20)35-29(38)39-26(31-35)19-34-28(37)33(18-25(36)30(2,3)4)24-16-9-8-15-23(24)27(32-34)21-12-6-5-7-13-21/h8-11,14-17,21H,5-7,12-13,18-19H2,1-4H3. The average Bonchev–Trinajstić information content (AvgIpc) is 3.24. The Morgan fingerprint density at radius 1 is 1.03 bits per heavy atom. The Bertz CT molecular complexity index is 1470. The Balaban J connectivity index is 1.56. The van der Waals surface area contributed by atoms with Gasteiger partial charge in [-0.05, 0) is 43.5 Å². The first-order valence-corrected chi connectivity index (χ1v) is 13.6. The number of urea groups is 1. The maximum atomic E-state index is 14.0. The van der Waals surface area contributed by atoms with Gasteiger partial charge in [0, 0.05) is 16.9 Å². The number of amides is 2. The van der Waals surface area contributed by atoms with E-state index in [0.717, 1.165) is 42.5 Å². The molecule has 0 spiro atoms. The van der Waals surface area contributed by atoms with E-state index in [9.17, 15) is 14.4 Å². The molecular formula is C30H35N5O4. The number of rotatable bonds is 6. The number of carbonyl (C=O) groups is 2. The van der Waals surface area contributed by atoms with Gasteiger partial charge >= 0.3 is 11.8 Å². The lowest BCUT2D eigenvalue weighted by molar-refractivity contribution is -0.124. The molecule has 0 unspecified atom stereocenters. The molecule has 0 saturated heterocycles. The molecule has 39 heavy (non-hydrogen) atoms. The summed E-state index contributed by atoms with van der Waals surface area (Å²) < 4.78 is 6.66. The van der Waals surface area contributed by atoms with Crippen LogP contribution in [0.5, 0.6) is 0 Å². The van der Waals surface area contributed by atoms with Crippen molar-refractivity contribution in [3.8, 4) is 5.69 Å². The summed E-state index contributed by atoms with van der Waals surface area (Å²) in [6.07, 6.45) is 5.34. The molecule has 1 aliphatic carbocycles. The van der Waals surface area contributed by atoms with E-state index in [4.69, 9.17) is 9.52 Å². The lowest BCUT2D eigenvalue weighted by Gasteiger charge is -2.28. The van der Waals surface area contributed by atoms with Crippen molar-refractivity contribution >= 4 is 23.2 Å². The van der Waals surface area contributed by atoms with E-state index in [-0.39, 0.29) is 30.7 Å². The van der Waals surface area contributed by atoms with E-state index < -0.39 is 17.2 Å². The molecule has 1 fully saturated rings. The number of hydrazone groups is 1. The molecular weight excluding hydrogens is 494 g/mol. The van der Waals surface area contributed by atoms with Crippen LogP contribution in [-0.2, 0) is 11.3 Å². The average molecular weight is 530 g/mol. The predicted octanol–water partition coefficient (Wildman–Crippen LogP) is 5.48. The largest absolute Gasteiger partial charge is 0.442 e. The van der Waals surface area contributed by atoms with Gasteiger partial charge in [0.1, 0.15) is 6.54 Å². The van der Waals surface area contributed by atoms with Gasteiger partial charge in [-0.3, -0.25) is 9.69 Å². The first-order chi connectivity index (χ1) is 18.6. The molecule has 1 aliphatic heterocycles. The highest BCUT2D eigenvalue weighted by molar-refractivity contribution is 6.12. The van der Waals surface area contributed by atoms with E-state index in [1.54, 1.807) is 6.07 Å². The molecule has 2 heterocycles. The smallest absolute Gasteiger partial charge is 0.390 e. The van der Waals surface area contributed by atoms with Gasteiger partial charge in [0.25, 0.3) is 0 Å². The SMILES string of the molecule is Cc1cccc(-n2nc(CN3N=C(C4CCCCC4)c4ccccc4N(CC(=O)C(C)(C)C)C3=O)oc2=O)c1. The van der Waals surface area contributed by atoms with Crippen LogP contribution in [0, 0.1) is 18.3 Å². The quantitative estimate of drug-likeness (QED) is 0.421. The molecule has 2 amide bonds. The zero-order valence-electron chi connectivity index (χ0n) is 23.0. The van der Waals surface area contributed by atoms with Crippen molar-refractivity contribution in [3.63, 3.8) is 0 Å². The van der Waals surface area contributed by atoms with Crippen molar-refractivity contribution in [3.05, 3.63) is 76.1 Å². The van der Waals surface area contributed by atoms with E-state index in [1.165, 1.54) is 21.0 Å². The number of nitrogens with zero attached hydrogens (tertiary/aromatic N) is 5. The lowest BCUT2D eigenvalue weighted by Crippen LogP contribution is -2.45. The molecule has 2 aliphatic rings. The van der Waals surface area contributed by atoms with Gasteiger partial charge in [0.15, 0.2) is 5.78 Å². The van der Waals surface area contributed by atoms with Crippen LogP contribution in [-0.4, -0.2) is 38.9 Å².